The molecule has 4 heteroatoms. The maximum atomic E-state index is 5.65. The Kier molecular flexibility index (Phi) is 6.41. The first kappa shape index (κ1) is 14.9. The second kappa shape index (κ2) is 7.31. The summed E-state index contributed by atoms with van der Waals surface area (Å²) < 4.78 is 0. The molecule has 1 aliphatic rings. The van der Waals surface area contributed by atoms with E-state index in [4.69, 9.17) is 5.73 Å². The van der Waals surface area contributed by atoms with Crippen molar-refractivity contribution < 1.29 is 0 Å². The van der Waals surface area contributed by atoms with Crippen molar-refractivity contribution in [2.75, 3.05) is 46.3 Å². The highest BCUT2D eigenvalue weighted by atomic mass is 15.3. The molecule has 0 radical (unpaired) electrons. The van der Waals surface area contributed by atoms with E-state index in [1.807, 2.05) is 0 Å². The summed E-state index contributed by atoms with van der Waals surface area (Å²) in [6.45, 7) is 13.3. The van der Waals surface area contributed by atoms with Gasteiger partial charge in [-0.25, -0.2) is 0 Å². The van der Waals surface area contributed by atoms with Gasteiger partial charge in [0.25, 0.3) is 0 Å². The fraction of sp³-hybridized carbons (Fsp3) is 1.00. The molecule has 102 valence electrons. The smallest absolute Gasteiger partial charge is 0.0244 e. The van der Waals surface area contributed by atoms with Crippen molar-refractivity contribution in [3.05, 3.63) is 0 Å². The highest BCUT2D eigenvalue weighted by molar-refractivity contribution is 4.82. The van der Waals surface area contributed by atoms with E-state index in [0.717, 1.165) is 6.54 Å². The summed E-state index contributed by atoms with van der Waals surface area (Å²) in [5, 5.41) is 3.54. The van der Waals surface area contributed by atoms with E-state index in [9.17, 15) is 0 Å². The van der Waals surface area contributed by atoms with Crippen LogP contribution in [-0.2, 0) is 0 Å². The Labute approximate surface area is 107 Å². The van der Waals surface area contributed by atoms with Crippen LogP contribution in [0.3, 0.4) is 0 Å². The SMILES string of the molecule is CC(CN)NCC(C(C)C)N1CCN(C)CC1. The largest absolute Gasteiger partial charge is 0.329 e. The molecule has 0 bridgehead atoms. The summed E-state index contributed by atoms with van der Waals surface area (Å²) in [5.74, 6) is 0.691. The monoisotopic (exact) mass is 242 g/mol. The fourth-order valence-electron chi connectivity index (χ4n) is 2.35. The minimum Gasteiger partial charge on any atom is -0.329 e. The van der Waals surface area contributed by atoms with Crippen LogP contribution in [0.1, 0.15) is 20.8 Å². The minimum atomic E-state index is 0.420. The van der Waals surface area contributed by atoms with Gasteiger partial charge in [-0.2, -0.15) is 0 Å². The number of likely N-dealkylation sites (N-methyl/N-ethyl adjacent to an activating group) is 1. The summed E-state index contributed by atoms with van der Waals surface area (Å²) in [4.78, 5) is 5.03. The molecule has 17 heavy (non-hydrogen) atoms. The van der Waals surface area contributed by atoms with Gasteiger partial charge < -0.3 is 16.0 Å². The van der Waals surface area contributed by atoms with Gasteiger partial charge in [0.15, 0.2) is 0 Å². The second-order valence-electron chi connectivity index (χ2n) is 5.70. The van der Waals surface area contributed by atoms with Gasteiger partial charge in [-0.15, -0.1) is 0 Å². The molecule has 1 aliphatic heterocycles. The zero-order valence-electron chi connectivity index (χ0n) is 11.9. The van der Waals surface area contributed by atoms with E-state index in [1.165, 1.54) is 26.2 Å². The molecule has 0 aliphatic carbocycles. The number of nitrogens with zero attached hydrogens (tertiary/aromatic N) is 2. The summed E-state index contributed by atoms with van der Waals surface area (Å²) in [7, 11) is 2.20. The Morgan fingerprint density at radius 1 is 1.12 bits per heavy atom. The molecular formula is C13H30N4. The number of rotatable bonds is 6. The summed E-state index contributed by atoms with van der Waals surface area (Å²) in [6, 6.07) is 1.06. The van der Waals surface area contributed by atoms with E-state index < -0.39 is 0 Å². The van der Waals surface area contributed by atoms with Crippen molar-refractivity contribution in [3.63, 3.8) is 0 Å². The Morgan fingerprint density at radius 3 is 2.18 bits per heavy atom. The molecule has 2 atom stereocenters. The molecule has 0 saturated carbocycles. The average Bonchev–Trinajstić information content (AvgIpc) is 2.31. The van der Waals surface area contributed by atoms with E-state index in [1.54, 1.807) is 0 Å². The third-order valence-electron chi connectivity index (χ3n) is 3.81. The Morgan fingerprint density at radius 2 is 1.71 bits per heavy atom. The Hall–Kier alpha value is -0.160. The van der Waals surface area contributed by atoms with E-state index in [-0.39, 0.29) is 0 Å². The highest BCUT2D eigenvalue weighted by Crippen LogP contribution is 2.12. The van der Waals surface area contributed by atoms with Crippen LogP contribution >= 0.6 is 0 Å². The predicted octanol–water partition coefficient (Wildman–Crippen LogP) is 0.195. The molecule has 1 saturated heterocycles. The number of nitrogens with two attached hydrogens (primary N) is 1. The van der Waals surface area contributed by atoms with Gasteiger partial charge in [-0.3, -0.25) is 4.90 Å². The van der Waals surface area contributed by atoms with Crippen LogP contribution < -0.4 is 11.1 Å². The van der Waals surface area contributed by atoms with Crippen LogP contribution in [0, 0.1) is 5.92 Å². The second-order valence-corrected chi connectivity index (χ2v) is 5.70. The predicted molar refractivity (Wildman–Crippen MR) is 74.2 cm³/mol. The third kappa shape index (κ3) is 4.92. The highest BCUT2D eigenvalue weighted by Gasteiger charge is 2.24. The van der Waals surface area contributed by atoms with Gasteiger partial charge in [0.1, 0.15) is 0 Å². The van der Waals surface area contributed by atoms with Crippen LogP contribution in [0.15, 0.2) is 0 Å². The first-order valence-electron chi connectivity index (χ1n) is 6.90. The van der Waals surface area contributed by atoms with Gasteiger partial charge in [-0.05, 0) is 19.9 Å². The lowest BCUT2D eigenvalue weighted by Crippen LogP contribution is -2.54. The number of piperazine rings is 1. The zero-order valence-corrected chi connectivity index (χ0v) is 11.9. The lowest BCUT2D eigenvalue weighted by Gasteiger charge is -2.40. The molecule has 0 aromatic heterocycles. The van der Waals surface area contributed by atoms with Crippen LogP contribution in [0.5, 0.6) is 0 Å². The first-order valence-corrected chi connectivity index (χ1v) is 6.90. The molecule has 1 rings (SSSR count). The maximum Gasteiger partial charge on any atom is 0.0244 e. The molecule has 0 spiro atoms. The Bertz CT molecular complexity index is 200. The van der Waals surface area contributed by atoms with Crippen molar-refractivity contribution in [3.8, 4) is 0 Å². The molecule has 1 fully saturated rings. The van der Waals surface area contributed by atoms with Gasteiger partial charge in [0.2, 0.25) is 0 Å². The minimum absolute atomic E-state index is 0.420. The molecule has 1 heterocycles. The summed E-state index contributed by atoms with van der Waals surface area (Å²) in [6.07, 6.45) is 0. The average molecular weight is 242 g/mol. The fourth-order valence-corrected chi connectivity index (χ4v) is 2.35. The number of hydrogen-bond donors (Lipinski definition) is 2. The van der Waals surface area contributed by atoms with Gasteiger partial charge in [0.05, 0.1) is 0 Å². The molecule has 4 nitrogen and oxygen atoms in total. The molecule has 0 aromatic carbocycles. The molecule has 0 amide bonds. The lowest BCUT2D eigenvalue weighted by molar-refractivity contribution is 0.0865. The van der Waals surface area contributed by atoms with Crippen molar-refractivity contribution >= 4 is 0 Å². The standard InChI is InChI=1S/C13H30N4/c1-11(2)13(10-15-12(3)9-14)17-7-5-16(4)6-8-17/h11-13,15H,5-10,14H2,1-4H3. The molecule has 3 N–H and O–H groups in total. The summed E-state index contributed by atoms with van der Waals surface area (Å²) in [5.41, 5.74) is 5.65. The van der Waals surface area contributed by atoms with Crippen molar-refractivity contribution in [2.24, 2.45) is 11.7 Å². The van der Waals surface area contributed by atoms with Crippen molar-refractivity contribution in [1.82, 2.24) is 15.1 Å². The maximum absolute atomic E-state index is 5.65. The van der Waals surface area contributed by atoms with Crippen molar-refractivity contribution in [1.29, 1.82) is 0 Å². The molecule has 0 aromatic rings. The topological polar surface area (TPSA) is 44.5 Å². The van der Waals surface area contributed by atoms with Crippen LogP contribution in [0.4, 0.5) is 0 Å². The summed E-state index contributed by atoms with van der Waals surface area (Å²) >= 11 is 0. The molecule has 2 unspecified atom stereocenters. The van der Waals surface area contributed by atoms with E-state index >= 15 is 0 Å². The normalized spacial score (nSPS) is 22.9. The third-order valence-corrected chi connectivity index (χ3v) is 3.81. The zero-order chi connectivity index (χ0) is 12.8. The van der Waals surface area contributed by atoms with Crippen LogP contribution in [-0.4, -0.2) is 68.2 Å². The van der Waals surface area contributed by atoms with E-state index in [0.29, 0.717) is 24.5 Å². The lowest BCUT2D eigenvalue weighted by atomic mass is 10.0. The quantitative estimate of drug-likeness (QED) is 0.698. The van der Waals surface area contributed by atoms with Crippen LogP contribution in [0.25, 0.3) is 0 Å². The molecular weight excluding hydrogens is 212 g/mol. The Balaban J connectivity index is 2.42. The van der Waals surface area contributed by atoms with Crippen LogP contribution in [0.2, 0.25) is 0 Å². The first-order chi connectivity index (χ1) is 8.04. The number of nitrogens with one attached hydrogen (secondary N) is 1. The van der Waals surface area contributed by atoms with Gasteiger partial charge in [-0.1, -0.05) is 13.8 Å². The van der Waals surface area contributed by atoms with Crippen molar-refractivity contribution in [2.45, 2.75) is 32.9 Å². The number of hydrogen-bond acceptors (Lipinski definition) is 4. The van der Waals surface area contributed by atoms with Gasteiger partial charge in [0, 0.05) is 51.4 Å². The van der Waals surface area contributed by atoms with E-state index in [2.05, 4.69) is 42.9 Å². The van der Waals surface area contributed by atoms with Gasteiger partial charge >= 0.3 is 0 Å².